The van der Waals surface area contributed by atoms with Crippen LogP contribution in [0.1, 0.15) is 11.1 Å². The van der Waals surface area contributed by atoms with Gasteiger partial charge in [0.25, 0.3) is 3.12 Å². The molecular formula is C9H9Cl3OS. The first-order valence-corrected chi connectivity index (χ1v) is 5.75. The van der Waals surface area contributed by atoms with Gasteiger partial charge >= 0.3 is 0 Å². The molecule has 0 aromatic heterocycles. The van der Waals surface area contributed by atoms with Crippen LogP contribution in [0.3, 0.4) is 0 Å². The van der Waals surface area contributed by atoms with Crippen LogP contribution in [-0.2, 0) is 0 Å². The van der Waals surface area contributed by atoms with E-state index >= 15 is 0 Å². The van der Waals surface area contributed by atoms with Gasteiger partial charge in [0.1, 0.15) is 17.8 Å². The SMILES string of the molecule is Cc1cc(C)cc(OSC(Cl)(Cl)Cl)c1. The maximum absolute atomic E-state index is 5.53. The Morgan fingerprint density at radius 2 is 1.57 bits per heavy atom. The second-order valence-corrected chi connectivity index (χ2v) is 6.84. The molecule has 0 spiro atoms. The first-order chi connectivity index (χ1) is 6.37. The van der Waals surface area contributed by atoms with E-state index in [1.165, 1.54) is 0 Å². The molecule has 5 heteroatoms. The lowest BCUT2D eigenvalue weighted by Crippen LogP contribution is -1.97. The van der Waals surface area contributed by atoms with Crippen LogP contribution in [0.2, 0.25) is 0 Å². The predicted octanol–water partition coefficient (Wildman–Crippen LogP) is 4.66. The van der Waals surface area contributed by atoms with Crippen molar-refractivity contribution in [2.24, 2.45) is 0 Å². The molecule has 0 saturated heterocycles. The van der Waals surface area contributed by atoms with Gasteiger partial charge in [0.05, 0.1) is 0 Å². The lowest BCUT2D eigenvalue weighted by atomic mass is 10.1. The zero-order valence-electron chi connectivity index (χ0n) is 7.68. The van der Waals surface area contributed by atoms with Gasteiger partial charge < -0.3 is 4.18 Å². The maximum atomic E-state index is 5.53. The summed E-state index contributed by atoms with van der Waals surface area (Å²) < 4.78 is 3.81. The highest BCUT2D eigenvalue weighted by atomic mass is 35.6. The second kappa shape index (κ2) is 4.84. The minimum atomic E-state index is -1.45. The van der Waals surface area contributed by atoms with E-state index in [1.54, 1.807) is 0 Å². The third-order valence-corrected chi connectivity index (χ3v) is 2.46. The third kappa shape index (κ3) is 4.65. The molecule has 78 valence electrons. The summed E-state index contributed by atoms with van der Waals surface area (Å²) in [4.78, 5) is 0. The van der Waals surface area contributed by atoms with Crippen molar-refractivity contribution in [3.63, 3.8) is 0 Å². The zero-order chi connectivity index (χ0) is 10.8. The fourth-order valence-electron chi connectivity index (χ4n) is 1.08. The Bertz CT molecular complexity index is 302. The minimum Gasteiger partial charge on any atom is -0.421 e. The van der Waals surface area contributed by atoms with Crippen LogP contribution in [0.15, 0.2) is 18.2 Å². The van der Waals surface area contributed by atoms with E-state index in [9.17, 15) is 0 Å². The molecule has 1 aromatic carbocycles. The summed E-state index contributed by atoms with van der Waals surface area (Å²) >= 11 is 17.4. The van der Waals surface area contributed by atoms with E-state index in [4.69, 9.17) is 39.0 Å². The molecule has 0 fully saturated rings. The molecule has 0 aliphatic heterocycles. The van der Waals surface area contributed by atoms with E-state index < -0.39 is 3.12 Å². The lowest BCUT2D eigenvalue weighted by molar-refractivity contribution is 0.645. The van der Waals surface area contributed by atoms with Crippen LogP contribution in [-0.4, -0.2) is 3.12 Å². The number of alkyl halides is 3. The molecule has 0 saturated carbocycles. The topological polar surface area (TPSA) is 9.23 Å². The van der Waals surface area contributed by atoms with Crippen molar-refractivity contribution in [3.8, 4) is 5.75 Å². The smallest absolute Gasteiger partial charge is 0.274 e. The summed E-state index contributed by atoms with van der Waals surface area (Å²) in [5.74, 6) is 0.693. The number of hydrogen-bond donors (Lipinski definition) is 0. The van der Waals surface area contributed by atoms with Gasteiger partial charge in [-0.1, -0.05) is 40.9 Å². The molecule has 14 heavy (non-hydrogen) atoms. The Kier molecular flexibility index (Phi) is 4.26. The standard InChI is InChI=1S/C9H9Cl3OS/c1-6-3-7(2)5-8(4-6)13-14-9(10,11)12/h3-5H,1-2H3. The highest BCUT2D eigenvalue weighted by molar-refractivity contribution is 8.00. The lowest BCUT2D eigenvalue weighted by Gasteiger charge is -2.10. The Morgan fingerprint density at radius 1 is 1.07 bits per heavy atom. The van der Waals surface area contributed by atoms with E-state index in [2.05, 4.69) is 0 Å². The summed E-state index contributed by atoms with van der Waals surface area (Å²) in [6, 6.07) is 5.82. The molecule has 0 amide bonds. The zero-order valence-corrected chi connectivity index (χ0v) is 10.8. The quantitative estimate of drug-likeness (QED) is 0.571. The first-order valence-electron chi connectivity index (χ1n) is 3.87. The van der Waals surface area contributed by atoms with Gasteiger partial charge in [-0.3, -0.25) is 0 Å². The van der Waals surface area contributed by atoms with Crippen molar-refractivity contribution in [2.75, 3.05) is 0 Å². The number of benzene rings is 1. The van der Waals surface area contributed by atoms with Crippen LogP contribution in [0.4, 0.5) is 0 Å². The van der Waals surface area contributed by atoms with E-state index in [0.717, 1.165) is 23.2 Å². The number of rotatable bonds is 2. The van der Waals surface area contributed by atoms with Gasteiger partial charge in [0.2, 0.25) is 0 Å². The fourth-order valence-corrected chi connectivity index (χ4v) is 1.65. The first kappa shape index (κ1) is 12.3. The molecule has 0 aliphatic carbocycles. The average molecular weight is 272 g/mol. The summed E-state index contributed by atoms with van der Waals surface area (Å²) in [7, 11) is 0. The van der Waals surface area contributed by atoms with Crippen LogP contribution >= 0.6 is 46.8 Å². The Hall–Kier alpha value is 0.240. The summed E-state index contributed by atoms with van der Waals surface area (Å²) in [6.45, 7) is 3.97. The average Bonchev–Trinajstić information content (AvgIpc) is 1.97. The minimum absolute atomic E-state index is 0.693. The molecule has 0 aliphatic rings. The van der Waals surface area contributed by atoms with Crippen molar-refractivity contribution < 1.29 is 4.18 Å². The van der Waals surface area contributed by atoms with Crippen molar-refractivity contribution in [3.05, 3.63) is 29.3 Å². The molecule has 1 aromatic rings. The molecule has 0 heterocycles. The predicted molar refractivity (Wildman–Crippen MR) is 64.4 cm³/mol. The van der Waals surface area contributed by atoms with E-state index in [1.807, 2.05) is 32.0 Å². The maximum Gasteiger partial charge on any atom is 0.274 e. The van der Waals surface area contributed by atoms with Gasteiger partial charge in [-0.15, -0.1) is 0 Å². The molecule has 1 rings (SSSR count). The third-order valence-electron chi connectivity index (χ3n) is 1.43. The molecule has 1 nitrogen and oxygen atoms in total. The normalized spacial score (nSPS) is 11.5. The van der Waals surface area contributed by atoms with Gasteiger partial charge in [-0.2, -0.15) is 0 Å². The van der Waals surface area contributed by atoms with Crippen molar-refractivity contribution in [1.82, 2.24) is 0 Å². The van der Waals surface area contributed by atoms with Gasteiger partial charge in [0.15, 0.2) is 0 Å². The van der Waals surface area contributed by atoms with E-state index in [-0.39, 0.29) is 0 Å². The number of aryl methyl sites for hydroxylation is 2. The number of hydrogen-bond acceptors (Lipinski definition) is 2. The molecule has 0 atom stereocenters. The molecule has 0 N–H and O–H groups in total. The highest BCUT2D eigenvalue weighted by Gasteiger charge is 2.22. The molecule has 0 bridgehead atoms. The largest absolute Gasteiger partial charge is 0.421 e. The van der Waals surface area contributed by atoms with Crippen molar-refractivity contribution >= 4 is 46.8 Å². The molecule has 0 radical (unpaired) electrons. The Balaban J connectivity index is 2.68. The summed E-state index contributed by atoms with van der Waals surface area (Å²) in [6.07, 6.45) is 0. The van der Waals surface area contributed by atoms with Crippen LogP contribution in [0.25, 0.3) is 0 Å². The highest BCUT2D eigenvalue weighted by Crippen LogP contribution is 2.40. The second-order valence-electron chi connectivity index (χ2n) is 2.94. The Labute approximate surface area is 103 Å². The van der Waals surface area contributed by atoms with Crippen LogP contribution in [0, 0.1) is 13.8 Å². The molecule has 0 unspecified atom stereocenters. The summed E-state index contributed by atoms with van der Waals surface area (Å²) in [5.41, 5.74) is 2.23. The molecular weight excluding hydrogens is 263 g/mol. The van der Waals surface area contributed by atoms with Crippen molar-refractivity contribution in [1.29, 1.82) is 0 Å². The number of halogens is 3. The van der Waals surface area contributed by atoms with Gasteiger partial charge in [0, 0.05) is 0 Å². The van der Waals surface area contributed by atoms with Crippen LogP contribution in [0.5, 0.6) is 5.75 Å². The van der Waals surface area contributed by atoms with Gasteiger partial charge in [-0.05, 0) is 37.1 Å². The summed E-state index contributed by atoms with van der Waals surface area (Å²) in [5, 5.41) is 0. The fraction of sp³-hybridized carbons (Fsp3) is 0.333. The van der Waals surface area contributed by atoms with Crippen molar-refractivity contribution in [2.45, 2.75) is 17.0 Å². The van der Waals surface area contributed by atoms with Gasteiger partial charge in [-0.25, -0.2) is 0 Å². The Morgan fingerprint density at radius 3 is 2.00 bits per heavy atom. The monoisotopic (exact) mass is 270 g/mol. The van der Waals surface area contributed by atoms with E-state index in [0.29, 0.717) is 5.75 Å². The van der Waals surface area contributed by atoms with Crippen LogP contribution < -0.4 is 4.18 Å².